The normalized spacial score (nSPS) is 9.62. The van der Waals surface area contributed by atoms with Gasteiger partial charge in [0.15, 0.2) is 6.61 Å². The molecule has 0 aromatic heterocycles. The fourth-order valence-corrected chi connectivity index (χ4v) is 1.05. The lowest BCUT2D eigenvalue weighted by Crippen LogP contribution is -2.34. The minimum atomic E-state index is -0.971. The Balaban J connectivity index is 2.91. The molecule has 7 heteroatoms. The van der Waals surface area contributed by atoms with Crippen LogP contribution in [0.1, 0.15) is 10.4 Å². The molecule has 1 rings (SSSR count). The van der Waals surface area contributed by atoms with Crippen molar-refractivity contribution in [3.05, 3.63) is 29.6 Å². The number of nitrogens with one attached hydrogen (secondary N) is 1. The van der Waals surface area contributed by atoms with E-state index in [1.165, 1.54) is 12.1 Å². The Labute approximate surface area is 90.3 Å². The van der Waals surface area contributed by atoms with Crippen molar-refractivity contribution in [2.24, 2.45) is 11.6 Å². The summed E-state index contributed by atoms with van der Waals surface area (Å²) in [5.74, 6) is 2.33. The molecule has 0 spiro atoms. The van der Waals surface area contributed by atoms with Crippen LogP contribution in [0, 0.1) is 5.82 Å². The molecule has 0 atom stereocenters. The SMILES string of the molecule is NNC(=O)COc1cccc(F)c1C(N)=O. The van der Waals surface area contributed by atoms with Gasteiger partial charge < -0.3 is 10.5 Å². The molecule has 16 heavy (non-hydrogen) atoms. The monoisotopic (exact) mass is 227 g/mol. The molecule has 6 nitrogen and oxygen atoms in total. The van der Waals surface area contributed by atoms with Gasteiger partial charge in [-0.3, -0.25) is 15.0 Å². The molecule has 1 aromatic rings. The molecule has 0 aliphatic carbocycles. The molecular weight excluding hydrogens is 217 g/mol. The first-order chi connectivity index (χ1) is 7.56. The van der Waals surface area contributed by atoms with Crippen LogP contribution < -0.4 is 21.7 Å². The largest absolute Gasteiger partial charge is 0.483 e. The van der Waals surface area contributed by atoms with Gasteiger partial charge in [-0.2, -0.15) is 0 Å². The number of amides is 2. The maximum absolute atomic E-state index is 13.2. The number of carbonyl (C=O) groups is 2. The predicted octanol–water partition coefficient (Wildman–Crippen LogP) is -0.707. The van der Waals surface area contributed by atoms with Crippen molar-refractivity contribution in [1.82, 2.24) is 5.43 Å². The summed E-state index contributed by atoms with van der Waals surface area (Å²) in [6, 6.07) is 3.72. The second-order valence-electron chi connectivity index (χ2n) is 2.83. The van der Waals surface area contributed by atoms with E-state index in [4.69, 9.17) is 16.3 Å². The van der Waals surface area contributed by atoms with Gasteiger partial charge in [0.25, 0.3) is 11.8 Å². The quantitative estimate of drug-likeness (QED) is 0.359. The van der Waals surface area contributed by atoms with Crippen LogP contribution in [0.5, 0.6) is 5.75 Å². The number of benzene rings is 1. The number of hydrogen-bond donors (Lipinski definition) is 3. The molecule has 0 unspecified atom stereocenters. The first kappa shape index (κ1) is 11.9. The van der Waals surface area contributed by atoms with Crippen LogP contribution >= 0.6 is 0 Å². The molecule has 0 radical (unpaired) electrons. The number of rotatable bonds is 4. The van der Waals surface area contributed by atoms with E-state index in [1.54, 1.807) is 0 Å². The maximum Gasteiger partial charge on any atom is 0.271 e. The Morgan fingerprint density at radius 1 is 1.44 bits per heavy atom. The molecule has 5 N–H and O–H groups in total. The smallest absolute Gasteiger partial charge is 0.271 e. The number of ether oxygens (including phenoxy) is 1. The highest BCUT2D eigenvalue weighted by molar-refractivity contribution is 5.96. The Kier molecular flexibility index (Phi) is 3.78. The van der Waals surface area contributed by atoms with Gasteiger partial charge in [0.2, 0.25) is 0 Å². The van der Waals surface area contributed by atoms with E-state index in [0.717, 1.165) is 6.07 Å². The summed E-state index contributed by atoms with van der Waals surface area (Å²) in [6.07, 6.45) is 0. The molecule has 0 aliphatic rings. The summed E-state index contributed by atoms with van der Waals surface area (Å²) in [6.45, 7) is -0.430. The van der Waals surface area contributed by atoms with E-state index < -0.39 is 29.8 Å². The second-order valence-corrected chi connectivity index (χ2v) is 2.83. The van der Waals surface area contributed by atoms with Crippen LogP contribution in [-0.4, -0.2) is 18.4 Å². The van der Waals surface area contributed by atoms with Crippen molar-refractivity contribution < 1.29 is 18.7 Å². The number of nitrogens with two attached hydrogens (primary N) is 2. The lowest BCUT2D eigenvalue weighted by molar-refractivity contribution is -0.123. The van der Waals surface area contributed by atoms with Gasteiger partial charge in [0.1, 0.15) is 17.1 Å². The maximum atomic E-state index is 13.2. The van der Waals surface area contributed by atoms with Crippen molar-refractivity contribution in [3.8, 4) is 5.75 Å². The van der Waals surface area contributed by atoms with Gasteiger partial charge in [0, 0.05) is 0 Å². The van der Waals surface area contributed by atoms with Crippen LogP contribution in [0.15, 0.2) is 18.2 Å². The zero-order chi connectivity index (χ0) is 12.1. The minimum Gasteiger partial charge on any atom is -0.483 e. The van der Waals surface area contributed by atoms with Crippen LogP contribution in [0.4, 0.5) is 4.39 Å². The first-order valence-electron chi connectivity index (χ1n) is 4.26. The Bertz CT molecular complexity index is 422. The third kappa shape index (κ3) is 2.67. The van der Waals surface area contributed by atoms with Gasteiger partial charge in [-0.1, -0.05) is 6.07 Å². The van der Waals surface area contributed by atoms with Crippen LogP contribution in [0.3, 0.4) is 0 Å². The molecule has 0 heterocycles. The molecular formula is C9H10FN3O3. The first-order valence-corrected chi connectivity index (χ1v) is 4.26. The third-order valence-electron chi connectivity index (χ3n) is 1.74. The van der Waals surface area contributed by atoms with Crippen LogP contribution in [-0.2, 0) is 4.79 Å². The van der Waals surface area contributed by atoms with Crippen molar-refractivity contribution in [3.63, 3.8) is 0 Å². The highest BCUT2D eigenvalue weighted by atomic mass is 19.1. The lowest BCUT2D eigenvalue weighted by Gasteiger charge is -2.08. The number of halogens is 1. The van der Waals surface area contributed by atoms with Crippen molar-refractivity contribution in [2.75, 3.05) is 6.61 Å². The van der Waals surface area contributed by atoms with E-state index in [2.05, 4.69) is 0 Å². The summed E-state index contributed by atoms with van der Waals surface area (Å²) in [5.41, 5.74) is 6.40. The molecule has 0 bridgehead atoms. The van der Waals surface area contributed by atoms with Crippen molar-refractivity contribution in [1.29, 1.82) is 0 Å². The van der Waals surface area contributed by atoms with Gasteiger partial charge in [-0.15, -0.1) is 0 Å². The summed E-state index contributed by atoms with van der Waals surface area (Å²) in [4.78, 5) is 21.7. The third-order valence-corrected chi connectivity index (χ3v) is 1.74. The summed E-state index contributed by atoms with van der Waals surface area (Å²) >= 11 is 0. The van der Waals surface area contributed by atoms with Gasteiger partial charge in [0.05, 0.1) is 0 Å². The molecule has 0 fully saturated rings. The minimum absolute atomic E-state index is 0.101. The number of hydrazine groups is 1. The van der Waals surface area contributed by atoms with Gasteiger partial charge in [-0.05, 0) is 12.1 Å². The van der Waals surface area contributed by atoms with Crippen LogP contribution in [0.2, 0.25) is 0 Å². The number of carbonyl (C=O) groups excluding carboxylic acids is 2. The summed E-state index contributed by atoms with van der Waals surface area (Å²) in [5, 5.41) is 0. The molecule has 0 saturated heterocycles. The van der Waals surface area contributed by atoms with Crippen molar-refractivity contribution >= 4 is 11.8 Å². The average Bonchev–Trinajstić information content (AvgIpc) is 2.25. The summed E-state index contributed by atoms with van der Waals surface area (Å²) < 4.78 is 18.1. The fourth-order valence-electron chi connectivity index (χ4n) is 1.05. The number of primary amides is 1. The Morgan fingerprint density at radius 3 is 2.69 bits per heavy atom. The van der Waals surface area contributed by atoms with Crippen LogP contribution in [0.25, 0.3) is 0 Å². The van der Waals surface area contributed by atoms with E-state index in [1.807, 2.05) is 5.43 Å². The van der Waals surface area contributed by atoms with E-state index in [9.17, 15) is 14.0 Å². The van der Waals surface area contributed by atoms with E-state index in [-0.39, 0.29) is 5.75 Å². The zero-order valence-electron chi connectivity index (χ0n) is 8.20. The Morgan fingerprint density at radius 2 is 2.12 bits per heavy atom. The zero-order valence-corrected chi connectivity index (χ0v) is 8.20. The highest BCUT2D eigenvalue weighted by Crippen LogP contribution is 2.20. The van der Waals surface area contributed by atoms with E-state index >= 15 is 0 Å². The molecule has 86 valence electrons. The van der Waals surface area contributed by atoms with E-state index in [0.29, 0.717) is 0 Å². The average molecular weight is 227 g/mol. The number of hydrogen-bond acceptors (Lipinski definition) is 4. The highest BCUT2D eigenvalue weighted by Gasteiger charge is 2.15. The predicted molar refractivity (Wildman–Crippen MR) is 52.7 cm³/mol. The van der Waals surface area contributed by atoms with Gasteiger partial charge >= 0.3 is 0 Å². The summed E-state index contributed by atoms with van der Waals surface area (Å²) in [7, 11) is 0. The van der Waals surface area contributed by atoms with Gasteiger partial charge in [-0.25, -0.2) is 10.2 Å². The molecule has 0 saturated carbocycles. The van der Waals surface area contributed by atoms with Crippen molar-refractivity contribution in [2.45, 2.75) is 0 Å². The molecule has 1 aromatic carbocycles. The molecule has 2 amide bonds. The lowest BCUT2D eigenvalue weighted by atomic mass is 10.2. The topological polar surface area (TPSA) is 107 Å². The Hall–Kier alpha value is -2.15. The standard InChI is InChI=1S/C9H10FN3O3/c10-5-2-1-3-6(8(5)9(11)15)16-4-7(14)13-12/h1-3H,4,12H2,(H2,11,15)(H,13,14). The molecule has 0 aliphatic heterocycles. The fraction of sp³-hybridized carbons (Fsp3) is 0.111. The second kappa shape index (κ2) is 5.08.